The molecule has 0 amide bonds. The van der Waals surface area contributed by atoms with Gasteiger partial charge < -0.3 is 0 Å². The van der Waals surface area contributed by atoms with Crippen LogP contribution in [0.2, 0.25) is 0 Å². The molecule has 2 aromatic rings. The van der Waals surface area contributed by atoms with Gasteiger partial charge in [-0.25, -0.2) is 0 Å². The van der Waals surface area contributed by atoms with Crippen molar-refractivity contribution >= 4 is 56.6 Å². The highest BCUT2D eigenvalue weighted by atomic mass is 127. The molecule has 1 aromatic carbocycles. The summed E-state index contributed by atoms with van der Waals surface area (Å²) in [5.41, 5.74) is 1.35. The van der Waals surface area contributed by atoms with Gasteiger partial charge in [0.05, 0.1) is 0 Å². The first-order chi connectivity index (χ1) is 5.68. The number of hydrogen-bond acceptors (Lipinski definition) is 2. The topological polar surface area (TPSA) is 0 Å². The van der Waals surface area contributed by atoms with E-state index >= 15 is 0 Å². The Bertz CT molecular complexity index is 431. The van der Waals surface area contributed by atoms with Crippen molar-refractivity contribution in [1.82, 2.24) is 0 Å². The van der Waals surface area contributed by atoms with Crippen LogP contribution >= 0.6 is 46.6 Å². The maximum absolute atomic E-state index is 4.40. The standard InChI is InChI=1S/C9H7IS2/c1-5-2-6(10)3-7-8(11)4-12-9(5)7/h2-4,11H,1H3. The van der Waals surface area contributed by atoms with Crippen LogP contribution in [0, 0.1) is 10.5 Å². The second-order valence-corrected chi connectivity index (χ2v) is 5.33. The predicted molar refractivity (Wildman–Crippen MR) is 66.5 cm³/mol. The van der Waals surface area contributed by atoms with E-state index in [2.05, 4.69) is 59.7 Å². The smallest absolute Gasteiger partial charge is 0.0384 e. The molecule has 0 aliphatic carbocycles. The van der Waals surface area contributed by atoms with Gasteiger partial charge in [-0.1, -0.05) is 0 Å². The molecule has 1 heterocycles. The van der Waals surface area contributed by atoms with E-state index in [4.69, 9.17) is 0 Å². The zero-order chi connectivity index (χ0) is 8.72. The Morgan fingerprint density at radius 3 is 2.92 bits per heavy atom. The number of benzene rings is 1. The molecule has 0 aliphatic heterocycles. The van der Waals surface area contributed by atoms with Gasteiger partial charge in [0.25, 0.3) is 0 Å². The Morgan fingerprint density at radius 2 is 2.17 bits per heavy atom. The fraction of sp³-hybridized carbons (Fsp3) is 0.111. The molecule has 2 rings (SSSR count). The zero-order valence-electron chi connectivity index (χ0n) is 6.47. The minimum Gasteiger partial charge on any atom is -0.142 e. The van der Waals surface area contributed by atoms with Crippen LogP contribution < -0.4 is 0 Å². The van der Waals surface area contributed by atoms with Crippen LogP contribution in [-0.2, 0) is 0 Å². The molecule has 12 heavy (non-hydrogen) atoms. The van der Waals surface area contributed by atoms with E-state index in [0.717, 1.165) is 4.90 Å². The number of thiophene rings is 1. The van der Waals surface area contributed by atoms with E-state index in [0.29, 0.717) is 0 Å². The highest BCUT2D eigenvalue weighted by Gasteiger charge is 2.03. The molecule has 0 saturated carbocycles. The summed E-state index contributed by atoms with van der Waals surface area (Å²) < 4.78 is 2.65. The van der Waals surface area contributed by atoms with Gasteiger partial charge in [0.2, 0.25) is 0 Å². The maximum atomic E-state index is 4.40. The Kier molecular flexibility index (Phi) is 2.35. The monoisotopic (exact) mass is 306 g/mol. The van der Waals surface area contributed by atoms with Gasteiger partial charge in [-0.3, -0.25) is 0 Å². The molecule has 0 radical (unpaired) electrons. The number of aryl methyl sites for hydroxylation is 1. The summed E-state index contributed by atoms with van der Waals surface area (Å²) >= 11 is 8.51. The van der Waals surface area contributed by atoms with Crippen LogP contribution in [0.3, 0.4) is 0 Å². The third-order valence-corrected chi connectivity index (χ3v) is 4.10. The molecule has 0 spiro atoms. The number of thiol groups is 1. The van der Waals surface area contributed by atoms with E-state index in [1.807, 2.05) is 0 Å². The molecule has 62 valence electrons. The fourth-order valence-corrected chi connectivity index (χ4v) is 3.34. The number of fused-ring (bicyclic) bond motifs is 1. The van der Waals surface area contributed by atoms with Gasteiger partial charge in [-0.2, -0.15) is 0 Å². The van der Waals surface area contributed by atoms with Crippen molar-refractivity contribution in [2.75, 3.05) is 0 Å². The van der Waals surface area contributed by atoms with Crippen LogP contribution in [0.5, 0.6) is 0 Å². The van der Waals surface area contributed by atoms with Gasteiger partial charge in [-0.05, 0) is 47.2 Å². The summed E-state index contributed by atoms with van der Waals surface area (Å²) in [5.74, 6) is 0. The lowest BCUT2D eigenvalue weighted by molar-refractivity contribution is 1.52. The van der Waals surface area contributed by atoms with Crippen LogP contribution in [0.15, 0.2) is 22.4 Å². The van der Waals surface area contributed by atoms with Crippen LogP contribution in [0.4, 0.5) is 0 Å². The molecule has 0 nitrogen and oxygen atoms in total. The van der Waals surface area contributed by atoms with Crippen molar-refractivity contribution in [3.63, 3.8) is 0 Å². The second-order valence-electron chi connectivity index (χ2n) is 2.72. The number of halogens is 1. The largest absolute Gasteiger partial charge is 0.142 e. The summed E-state index contributed by atoms with van der Waals surface area (Å²) in [6, 6.07) is 4.38. The van der Waals surface area contributed by atoms with E-state index in [1.165, 1.54) is 19.2 Å². The van der Waals surface area contributed by atoms with Crippen molar-refractivity contribution < 1.29 is 0 Å². The van der Waals surface area contributed by atoms with E-state index in [-0.39, 0.29) is 0 Å². The highest BCUT2D eigenvalue weighted by Crippen LogP contribution is 2.32. The molecule has 0 fully saturated rings. The molecule has 0 bridgehead atoms. The van der Waals surface area contributed by atoms with Crippen LogP contribution in [0.25, 0.3) is 10.1 Å². The molecule has 0 saturated heterocycles. The summed E-state index contributed by atoms with van der Waals surface area (Å²) in [6.07, 6.45) is 0. The van der Waals surface area contributed by atoms with Gasteiger partial charge in [0.15, 0.2) is 0 Å². The minimum absolute atomic E-state index is 1.09. The molecule has 0 unspecified atom stereocenters. The number of rotatable bonds is 0. The summed E-state index contributed by atoms with van der Waals surface area (Å²) in [4.78, 5) is 1.09. The summed E-state index contributed by atoms with van der Waals surface area (Å²) in [7, 11) is 0. The van der Waals surface area contributed by atoms with Crippen molar-refractivity contribution in [2.45, 2.75) is 11.8 Å². The molecule has 3 heteroatoms. The highest BCUT2D eigenvalue weighted by molar-refractivity contribution is 14.1. The molecular weight excluding hydrogens is 299 g/mol. The average molecular weight is 306 g/mol. The lowest BCUT2D eigenvalue weighted by Gasteiger charge is -1.97. The van der Waals surface area contributed by atoms with Gasteiger partial charge >= 0.3 is 0 Å². The van der Waals surface area contributed by atoms with E-state index in [1.54, 1.807) is 11.3 Å². The minimum atomic E-state index is 1.09. The van der Waals surface area contributed by atoms with E-state index < -0.39 is 0 Å². The average Bonchev–Trinajstić information content (AvgIpc) is 2.33. The first-order valence-electron chi connectivity index (χ1n) is 3.55. The second kappa shape index (κ2) is 3.20. The van der Waals surface area contributed by atoms with Gasteiger partial charge in [0, 0.05) is 23.9 Å². The quantitative estimate of drug-likeness (QED) is 0.550. The predicted octanol–water partition coefficient (Wildman–Crippen LogP) is 4.10. The zero-order valence-corrected chi connectivity index (χ0v) is 10.3. The van der Waals surface area contributed by atoms with Crippen LogP contribution in [-0.4, -0.2) is 0 Å². The SMILES string of the molecule is Cc1cc(I)cc2c(S)csc12. The number of hydrogen-bond donors (Lipinski definition) is 1. The lowest BCUT2D eigenvalue weighted by atomic mass is 10.2. The Balaban J connectivity index is 2.92. The van der Waals surface area contributed by atoms with Crippen LogP contribution in [0.1, 0.15) is 5.56 Å². The van der Waals surface area contributed by atoms with Gasteiger partial charge in [0.1, 0.15) is 0 Å². The third kappa shape index (κ3) is 1.38. The Hall–Kier alpha value is 0.260. The van der Waals surface area contributed by atoms with Crippen molar-refractivity contribution in [1.29, 1.82) is 0 Å². The first kappa shape index (κ1) is 8.84. The normalized spacial score (nSPS) is 10.9. The fourth-order valence-electron chi connectivity index (χ4n) is 1.25. The Labute approximate surface area is 94.5 Å². The molecule has 0 N–H and O–H groups in total. The maximum Gasteiger partial charge on any atom is 0.0384 e. The first-order valence-corrected chi connectivity index (χ1v) is 5.95. The molecule has 0 atom stereocenters. The van der Waals surface area contributed by atoms with Crippen molar-refractivity contribution in [2.24, 2.45) is 0 Å². The van der Waals surface area contributed by atoms with Crippen molar-refractivity contribution in [3.8, 4) is 0 Å². The third-order valence-electron chi connectivity index (χ3n) is 1.80. The molecule has 1 aromatic heterocycles. The lowest BCUT2D eigenvalue weighted by Crippen LogP contribution is -1.75. The Morgan fingerprint density at radius 1 is 1.42 bits per heavy atom. The summed E-state index contributed by atoms with van der Waals surface area (Å²) in [5, 5.41) is 3.38. The summed E-state index contributed by atoms with van der Waals surface area (Å²) in [6.45, 7) is 2.15. The van der Waals surface area contributed by atoms with E-state index in [9.17, 15) is 0 Å². The molecule has 0 aliphatic rings. The van der Waals surface area contributed by atoms with Gasteiger partial charge in [-0.15, -0.1) is 24.0 Å². The van der Waals surface area contributed by atoms with Crippen molar-refractivity contribution in [3.05, 3.63) is 26.6 Å². The molecular formula is C9H7IS2.